The van der Waals surface area contributed by atoms with Gasteiger partial charge in [-0.05, 0) is 36.5 Å². The van der Waals surface area contributed by atoms with E-state index >= 15 is 0 Å². The van der Waals surface area contributed by atoms with Gasteiger partial charge in [0.05, 0.1) is 11.5 Å². The van der Waals surface area contributed by atoms with Gasteiger partial charge in [0.15, 0.2) is 0 Å². The van der Waals surface area contributed by atoms with Gasteiger partial charge in [-0.15, -0.1) is 0 Å². The van der Waals surface area contributed by atoms with Crippen molar-refractivity contribution < 1.29 is 0 Å². The first-order valence-electron chi connectivity index (χ1n) is 5.11. The molecule has 1 fully saturated rings. The van der Waals surface area contributed by atoms with E-state index in [-0.39, 0.29) is 5.41 Å². The molecule has 72 valence electrons. The fourth-order valence-electron chi connectivity index (χ4n) is 2.49. The Bertz CT molecular complexity index is 352. The van der Waals surface area contributed by atoms with Gasteiger partial charge in [-0.25, -0.2) is 0 Å². The van der Waals surface area contributed by atoms with Crippen LogP contribution in [0, 0.1) is 17.2 Å². The summed E-state index contributed by atoms with van der Waals surface area (Å²) in [5, 5.41) is 9.37. The minimum absolute atomic E-state index is 0.247. The van der Waals surface area contributed by atoms with Crippen LogP contribution in [0.2, 0.25) is 0 Å². The molecule has 1 aromatic rings. The van der Waals surface area contributed by atoms with Gasteiger partial charge in [0.25, 0.3) is 0 Å². The molecule has 1 saturated carbocycles. The molecule has 0 bridgehead atoms. The second-order valence-corrected chi connectivity index (χ2v) is 4.11. The first-order chi connectivity index (χ1) is 6.79. The second-order valence-electron chi connectivity index (χ2n) is 4.11. The van der Waals surface area contributed by atoms with Crippen LogP contribution in [0.3, 0.4) is 0 Å². The highest BCUT2D eigenvalue weighted by molar-refractivity contribution is 5.33. The monoisotopic (exact) mass is 186 g/mol. The zero-order chi connectivity index (χ0) is 10.0. The number of pyridine rings is 1. The first-order valence-corrected chi connectivity index (χ1v) is 5.11. The lowest BCUT2D eigenvalue weighted by Crippen LogP contribution is -2.26. The molecule has 2 nitrogen and oxygen atoms in total. The Hall–Kier alpha value is -1.36. The predicted molar refractivity (Wildman–Crippen MR) is 54.5 cm³/mol. The van der Waals surface area contributed by atoms with Gasteiger partial charge in [-0.1, -0.05) is 13.3 Å². The van der Waals surface area contributed by atoms with Gasteiger partial charge in [0, 0.05) is 12.4 Å². The standard InChI is InChI=1S/C12H14N2/c1-10-3-2-6-12(10,9-13)11-4-7-14-8-5-11/h4-5,7-8,10H,2-3,6H2,1H3. The van der Waals surface area contributed by atoms with Crippen molar-refractivity contribution in [1.29, 1.82) is 5.26 Å². The SMILES string of the molecule is CC1CCCC1(C#N)c1ccncc1. The molecule has 0 aliphatic heterocycles. The van der Waals surface area contributed by atoms with Crippen LogP contribution in [0.15, 0.2) is 24.5 Å². The lowest BCUT2D eigenvalue weighted by atomic mass is 9.75. The highest BCUT2D eigenvalue weighted by atomic mass is 14.6. The van der Waals surface area contributed by atoms with Crippen molar-refractivity contribution in [2.45, 2.75) is 31.6 Å². The molecule has 0 N–H and O–H groups in total. The zero-order valence-electron chi connectivity index (χ0n) is 8.40. The largest absolute Gasteiger partial charge is 0.265 e. The summed E-state index contributed by atoms with van der Waals surface area (Å²) in [5.41, 5.74) is 0.892. The maximum Gasteiger partial charge on any atom is 0.0848 e. The van der Waals surface area contributed by atoms with Crippen LogP contribution in [0.4, 0.5) is 0 Å². The molecular weight excluding hydrogens is 172 g/mol. The molecule has 1 heterocycles. The molecule has 0 radical (unpaired) electrons. The van der Waals surface area contributed by atoms with E-state index in [1.807, 2.05) is 12.1 Å². The average molecular weight is 186 g/mol. The fourth-order valence-corrected chi connectivity index (χ4v) is 2.49. The minimum Gasteiger partial charge on any atom is -0.265 e. The Balaban J connectivity index is 2.44. The van der Waals surface area contributed by atoms with E-state index in [9.17, 15) is 5.26 Å². The molecule has 2 unspecified atom stereocenters. The third-order valence-corrected chi connectivity index (χ3v) is 3.44. The molecule has 0 aromatic carbocycles. The van der Waals surface area contributed by atoms with E-state index in [0.29, 0.717) is 5.92 Å². The van der Waals surface area contributed by atoms with Crippen LogP contribution in [0.5, 0.6) is 0 Å². The van der Waals surface area contributed by atoms with Crippen LogP contribution < -0.4 is 0 Å². The topological polar surface area (TPSA) is 36.7 Å². The second kappa shape index (κ2) is 3.42. The molecule has 1 aromatic heterocycles. The predicted octanol–water partition coefficient (Wildman–Crippen LogP) is 2.66. The number of rotatable bonds is 1. The quantitative estimate of drug-likeness (QED) is 0.676. The Morgan fingerprint density at radius 1 is 1.50 bits per heavy atom. The van der Waals surface area contributed by atoms with Crippen molar-refractivity contribution in [3.8, 4) is 6.07 Å². The highest BCUT2D eigenvalue weighted by Crippen LogP contribution is 2.44. The van der Waals surface area contributed by atoms with E-state index in [1.54, 1.807) is 12.4 Å². The number of nitriles is 1. The Kier molecular flexibility index (Phi) is 2.25. The van der Waals surface area contributed by atoms with E-state index in [1.165, 1.54) is 0 Å². The molecule has 2 rings (SSSR count). The summed E-state index contributed by atoms with van der Waals surface area (Å²) in [6.07, 6.45) is 6.88. The van der Waals surface area contributed by atoms with Crippen LogP contribution in [0.1, 0.15) is 31.7 Å². The van der Waals surface area contributed by atoms with Crippen molar-refractivity contribution in [1.82, 2.24) is 4.98 Å². The lowest BCUT2D eigenvalue weighted by molar-refractivity contribution is 0.431. The normalized spacial score (nSPS) is 31.3. The van der Waals surface area contributed by atoms with Crippen LogP contribution in [-0.4, -0.2) is 4.98 Å². The number of hydrogen-bond acceptors (Lipinski definition) is 2. The molecule has 0 spiro atoms. The lowest BCUT2D eigenvalue weighted by Gasteiger charge is -2.26. The summed E-state index contributed by atoms with van der Waals surface area (Å²) in [4.78, 5) is 4.00. The summed E-state index contributed by atoms with van der Waals surface area (Å²) >= 11 is 0. The van der Waals surface area contributed by atoms with Crippen LogP contribution >= 0.6 is 0 Å². The van der Waals surface area contributed by atoms with Crippen molar-refractivity contribution in [2.24, 2.45) is 5.92 Å². The maximum absolute atomic E-state index is 9.37. The molecule has 0 saturated heterocycles. The maximum atomic E-state index is 9.37. The Labute approximate surface area is 84.6 Å². The minimum atomic E-state index is -0.247. The molecule has 14 heavy (non-hydrogen) atoms. The zero-order valence-corrected chi connectivity index (χ0v) is 8.40. The van der Waals surface area contributed by atoms with Crippen molar-refractivity contribution in [2.75, 3.05) is 0 Å². The molecule has 2 atom stereocenters. The van der Waals surface area contributed by atoms with E-state index in [0.717, 1.165) is 24.8 Å². The van der Waals surface area contributed by atoms with Gasteiger partial charge < -0.3 is 0 Å². The van der Waals surface area contributed by atoms with E-state index in [2.05, 4.69) is 18.0 Å². The van der Waals surface area contributed by atoms with E-state index in [4.69, 9.17) is 0 Å². The summed E-state index contributed by atoms with van der Waals surface area (Å²) in [6, 6.07) is 6.47. The molecule has 1 aliphatic rings. The van der Waals surface area contributed by atoms with Gasteiger partial charge >= 0.3 is 0 Å². The van der Waals surface area contributed by atoms with Crippen LogP contribution in [0.25, 0.3) is 0 Å². The van der Waals surface area contributed by atoms with E-state index < -0.39 is 0 Å². The summed E-state index contributed by atoms with van der Waals surface area (Å²) in [5.74, 6) is 0.467. The number of aromatic nitrogens is 1. The van der Waals surface area contributed by atoms with Crippen molar-refractivity contribution in [3.63, 3.8) is 0 Å². The van der Waals surface area contributed by atoms with Gasteiger partial charge in [0.2, 0.25) is 0 Å². The van der Waals surface area contributed by atoms with Crippen LogP contribution in [-0.2, 0) is 5.41 Å². The Morgan fingerprint density at radius 3 is 2.71 bits per heavy atom. The third kappa shape index (κ3) is 1.21. The molecule has 1 aliphatic carbocycles. The van der Waals surface area contributed by atoms with Crippen molar-refractivity contribution >= 4 is 0 Å². The first kappa shape index (κ1) is 9.21. The summed E-state index contributed by atoms with van der Waals surface area (Å²) < 4.78 is 0. The highest BCUT2D eigenvalue weighted by Gasteiger charge is 2.41. The van der Waals surface area contributed by atoms with Gasteiger partial charge in [-0.2, -0.15) is 5.26 Å². The molecule has 0 amide bonds. The van der Waals surface area contributed by atoms with Crippen molar-refractivity contribution in [3.05, 3.63) is 30.1 Å². The number of hydrogen-bond donors (Lipinski definition) is 0. The summed E-state index contributed by atoms with van der Waals surface area (Å²) in [7, 11) is 0. The smallest absolute Gasteiger partial charge is 0.0848 e. The molecular formula is C12H14N2. The summed E-state index contributed by atoms with van der Waals surface area (Å²) in [6.45, 7) is 2.18. The van der Waals surface area contributed by atoms with Gasteiger partial charge in [0.1, 0.15) is 0 Å². The number of nitrogens with zero attached hydrogens (tertiary/aromatic N) is 2. The van der Waals surface area contributed by atoms with Gasteiger partial charge in [-0.3, -0.25) is 4.98 Å². The fraction of sp³-hybridized carbons (Fsp3) is 0.500. The Morgan fingerprint density at radius 2 is 2.21 bits per heavy atom. The third-order valence-electron chi connectivity index (χ3n) is 3.44. The average Bonchev–Trinajstić information content (AvgIpc) is 2.62. The molecule has 2 heteroatoms.